The summed E-state index contributed by atoms with van der Waals surface area (Å²) >= 11 is 1.58. The normalized spacial score (nSPS) is 15.8. The number of rotatable bonds is 4. The number of aryl methyl sites for hydroxylation is 2. The van der Waals surface area contributed by atoms with Crippen LogP contribution in [0.25, 0.3) is 10.3 Å². The zero-order chi connectivity index (χ0) is 18.3. The third-order valence-electron chi connectivity index (χ3n) is 4.76. The fourth-order valence-corrected chi connectivity index (χ4v) is 4.54. The molecule has 1 aliphatic rings. The van der Waals surface area contributed by atoms with Gasteiger partial charge >= 0.3 is 0 Å². The molecule has 6 nitrogen and oxygen atoms in total. The minimum Gasteiger partial charge on any atom is -0.370 e. The number of nitrogen functional groups attached to an aromatic ring is 1. The van der Waals surface area contributed by atoms with E-state index in [0.29, 0.717) is 31.0 Å². The number of nitrogens with two attached hydrogens (primary N) is 1. The van der Waals surface area contributed by atoms with Crippen LogP contribution in [0.2, 0.25) is 0 Å². The Morgan fingerprint density at radius 2 is 2.12 bits per heavy atom. The summed E-state index contributed by atoms with van der Waals surface area (Å²) in [5.41, 5.74) is 4.87. The topological polar surface area (TPSA) is 82.2 Å². The summed E-state index contributed by atoms with van der Waals surface area (Å²) < 4.78 is 7.89. The molecule has 26 heavy (non-hydrogen) atoms. The first kappa shape index (κ1) is 17.2. The van der Waals surface area contributed by atoms with Crippen LogP contribution in [0.3, 0.4) is 0 Å². The van der Waals surface area contributed by atoms with Crippen molar-refractivity contribution in [3.05, 3.63) is 56.6 Å². The number of benzene rings is 1. The Morgan fingerprint density at radius 3 is 2.85 bits per heavy atom. The van der Waals surface area contributed by atoms with E-state index in [1.54, 1.807) is 11.3 Å². The van der Waals surface area contributed by atoms with E-state index in [-0.39, 0.29) is 11.0 Å². The fourth-order valence-electron chi connectivity index (χ4n) is 3.37. The Bertz CT molecular complexity index is 1010. The highest BCUT2D eigenvalue weighted by molar-refractivity contribution is 7.18. The predicted molar refractivity (Wildman–Crippen MR) is 104 cm³/mol. The molecule has 3 heterocycles. The van der Waals surface area contributed by atoms with Crippen LogP contribution >= 0.6 is 11.3 Å². The van der Waals surface area contributed by atoms with Gasteiger partial charge in [-0.15, -0.1) is 11.3 Å². The van der Waals surface area contributed by atoms with Gasteiger partial charge in [0.1, 0.15) is 10.3 Å². The molecule has 0 spiro atoms. The van der Waals surface area contributed by atoms with Gasteiger partial charge in [0.2, 0.25) is 11.4 Å². The molecule has 2 aromatic heterocycles. The maximum atomic E-state index is 13.0. The molecule has 1 aromatic carbocycles. The van der Waals surface area contributed by atoms with E-state index in [0.717, 1.165) is 21.7 Å². The Hall–Kier alpha value is -2.22. The summed E-state index contributed by atoms with van der Waals surface area (Å²) in [5, 5.41) is 0. The largest absolute Gasteiger partial charge is 0.370 e. The van der Waals surface area contributed by atoms with Crippen molar-refractivity contribution in [2.45, 2.75) is 45.4 Å². The van der Waals surface area contributed by atoms with Crippen molar-refractivity contribution in [1.82, 2.24) is 9.55 Å². The van der Waals surface area contributed by atoms with Gasteiger partial charge in [0, 0.05) is 23.4 Å². The number of imidazole rings is 1. The van der Waals surface area contributed by atoms with E-state index in [9.17, 15) is 4.79 Å². The summed E-state index contributed by atoms with van der Waals surface area (Å²) in [6.07, 6.45) is 1.44. The monoisotopic (exact) mass is 370 g/mol. The number of fused-ring (bicyclic) bond motifs is 2. The molecule has 0 unspecified atom stereocenters. The van der Waals surface area contributed by atoms with Gasteiger partial charge < -0.3 is 9.30 Å². The maximum Gasteiger partial charge on any atom is 0.219 e. The number of hydrogen-bond donors (Lipinski definition) is 2. The van der Waals surface area contributed by atoms with Crippen molar-refractivity contribution in [3.8, 4) is 0 Å². The molecular weight excluding hydrogens is 348 g/mol. The van der Waals surface area contributed by atoms with Gasteiger partial charge in [-0.25, -0.2) is 10.8 Å². The van der Waals surface area contributed by atoms with Crippen LogP contribution in [0.15, 0.2) is 35.1 Å². The van der Waals surface area contributed by atoms with Gasteiger partial charge in [-0.1, -0.05) is 30.3 Å². The molecule has 3 N–H and O–H groups in total. The van der Waals surface area contributed by atoms with Gasteiger partial charge in [0.15, 0.2) is 0 Å². The molecule has 0 saturated heterocycles. The quantitative estimate of drug-likeness (QED) is 0.545. The number of aromatic nitrogens is 2. The van der Waals surface area contributed by atoms with Crippen molar-refractivity contribution in [2.24, 2.45) is 5.84 Å². The average molecular weight is 370 g/mol. The van der Waals surface area contributed by atoms with Crippen LogP contribution in [-0.4, -0.2) is 15.2 Å². The minimum atomic E-state index is -0.322. The SMILES string of the molecule is CC1(C)Cc2c(sc3c(nc(NN)n3CCc3ccccc3)c2=O)CO1. The van der Waals surface area contributed by atoms with Gasteiger partial charge in [-0.2, -0.15) is 0 Å². The predicted octanol–water partition coefficient (Wildman–Crippen LogP) is 2.84. The first-order valence-corrected chi connectivity index (χ1v) is 9.50. The zero-order valence-electron chi connectivity index (χ0n) is 14.9. The second-order valence-electron chi connectivity index (χ2n) is 7.18. The van der Waals surface area contributed by atoms with E-state index in [4.69, 9.17) is 10.6 Å². The van der Waals surface area contributed by atoms with Gasteiger partial charge in [0.05, 0.1) is 12.2 Å². The van der Waals surface area contributed by atoms with E-state index >= 15 is 0 Å². The molecule has 0 amide bonds. The van der Waals surface area contributed by atoms with Gasteiger partial charge in [-0.3, -0.25) is 10.2 Å². The van der Waals surface area contributed by atoms with Crippen molar-refractivity contribution >= 4 is 27.6 Å². The highest BCUT2D eigenvalue weighted by atomic mass is 32.1. The summed E-state index contributed by atoms with van der Waals surface area (Å²) in [4.78, 5) is 19.3. The van der Waals surface area contributed by atoms with Crippen LogP contribution in [0, 0.1) is 0 Å². The molecule has 1 aliphatic heterocycles. The molecule has 0 saturated carbocycles. The van der Waals surface area contributed by atoms with Crippen LogP contribution in [-0.2, 0) is 30.7 Å². The van der Waals surface area contributed by atoms with Crippen molar-refractivity contribution in [1.29, 1.82) is 0 Å². The van der Waals surface area contributed by atoms with Crippen molar-refractivity contribution in [2.75, 3.05) is 5.43 Å². The number of hydrazine groups is 1. The molecule has 0 aliphatic carbocycles. The lowest BCUT2D eigenvalue weighted by molar-refractivity contribution is -0.0386. The second kappa shape index (κ2) is 6.50. The Morgan fingerprint density at radius 1 is 1.35 bits per heavy atom. The summed E-state index contributed by atoms with van der Waals surface area (Å²) in [6, 6.07) is 10.2. The van der Waals surface area contributed by atoms with E-state index < -0.39 is 0 Å². The number of ether oxygens (including phenoxy) is 1. The second-order valence-corrected chi connectivity index (χ2v) is 8.26. The Labute approximate surface area is 155 Å². The summed E-state index contributed by atoms with van der Waals surface area (Å²) in [5.74, 6) is 6.19. The van der Waals surface area contributed by atoms with Crippen LogP contribution in [0.4, 0.5) is 5.95 Å². The summed E-state index contributed by atoms with van der Waals surface area (Å²) in [6.45, 7) is 5.18. The smallest absolute Gasteiger partial charge is 0.219 e. The van der Waals surface area contributed by atoms with Crippen LogP contribution < -0.4 is 16.7 Å². The third-order valence-corrected chi connectivity index (χ3v) is 5.98. The lowest BCUT2D eigenvalue weighted by Gasteiger charge is -2.30. The first-order chi connectivity index (χ1) is 12.5. The van der Waals surface area contributed by atoms with Crippen LogP contribution in [0.5, 0.6) is 0 Å². The lowest BCUT2D eigenvalue weighted by atomic mass is 9.95. The molecule has 3 aromatic rings. The number of nitrogens with one attached hydrogen (secondary N) is 1. The lowest BCUT2D eigenvalue weighted by Crippen LogP contribution is -2.34. The molecule has 136 valence electrons. The van der Waals surface area contributed by atoms with E-state index in [1.165, 1.54) is 5.56 Å². The number of hydrogen-bond acceptors (Lipinski definition) is 6. The molecular formula is C19H22N4O2S. The molecule has 4 rings (SSSR count). The highest BCUT2D eigenvalue weighted by Crippen LogP contribution is 2.32. The number of nitrogens with zero attached hydrogens (tertiary/aromatic N) is 2. The minimum absolute atomic E-state index is 0.0000797. The first-order valence-electron chi connectivity index (χ1n) is 8.68. The Balaban J connectivity index is 1.78. The number of anilines is 1. The molecule has 0 radical (unpaired) electrons. The van der Waals surface area contributed by atoms with E-state index in [1.807, 2.05) is 36.6 Å². The summed E-state index contributed by atoms with van der Waals surface area (Å²) in [7, 11) is 0. The van der Waals surface area contributed by atoms with Crippen molar-refractivity contribution < 1.29 is 4.74 Å². The van der Waals surface area contributed by atoms with Gasteiger partial charge in [0.25, 0.3) is 0 Å². The van der Waals surface area contributed by atoms with Crippen LogP contribution in [0.1, 0.15) is 29.9 Å². The molecule has 7 heteroatoms. The van der Waals surface area contributed by atoms with E-state index in [2.05, 4.69) is 22.5 Å². The standard InChI is InChI=1S/C19H22N4O2S/c1-19(2)10-13-14(11-25-19)26-17-15(16(13)24)21-18(22-20)23(17)9-8-12-6-4-3-5-7-12/h3-7H,8-11,20H2,1-2H3,(H,21,22). The maximum absolute atomic E-state index is 13.0. The van der Waals surface area contributed by atoms with Gasteiger partial charge in [-0.05, 0) is 25.8 Å². The third kappa shape index (κ3) is 3.02. The van der Waals surface area contributed by atoms with Crippen molar-refractivity contribution in [3.63, 3.8) is 0 Å². The molecule has 0 bridgehead atoms. The molecule has 0 fully saturated rings. The molecule has 0 atom stereocenters. The Kier molecular flexibility index (Phi) is 4.30. The average Bonchev–Trinajstić information content (AvgIpc) is 2.99. The zero-order valence-corrected chi connectivity index (χ0v) is 15.7. The fraction of sp³-hybridized carbons (Fsp3) is 0.368. The highest BCUT2D eigenvalue weighted by Gasteiger charge is 2.30.